The molecule has 98 valence electrons. The standard InChI is InChI=1S/C13H16O4S/c1-10-4-2-3-5-12(10)17-13(14)8-11-6-7-18(15,16)9-11/h2-5,11H,6-9H2,1H3. The molecule has 0 aliphatic carbocycles. The van der Waals surface area contributed by atoms with E-state index in [2.05, 4.69) is 0 Å². The predicted molar refractivity (Wildman–Crippen MR) is 68.2 cm³/mol. The van der Waals surface area contributed by atoms with Gasteiger partial charge in [-0.05, 0) is 30.9 Å². The molecule has 0 amide bonds. The van der Waals surface area contributed by atoms with Crippen molar-refractivity contribution in [1.29, 1.82) is 0 Å². The molecule has 0 saturated carbocycles. The number of aryl methyl sites for hydroxylation is 1. The van der Waals surface area contributed by atoms with E-state index in [9.17, 15) is 13.2 Å². The molecule has 1 aliphatic rings. The number of sulfone groups is 1. The average molecular weight is 268 g/mol. The molecule has 0 N–H and O–H groups in total. The summed E-state index contributed by atoms with van der Waals surface area (Å²) in [5, 5.41) is 0. The van der Waals surface area contributed by atoms with Crippen molar-refractivity contribution >= 4 is 15.8 Å². The van der Waals surface area contributed by atoms with Gasteiger partial charge >= 0.3 is 5.97 Å². The molecule has 1 unspecified atom stereocenters. The van der Waals surface area contributed by atoms with E-state index in [1.807, 2.05) is 19.1 Å². The van der Waals surface area contributed by atoms with Crippen LogP contribution in [0.15, 0.2) is 24.3 Å². The fourth-order valence-corrected chi connectivity index (χ4v) is 3.97. The van der Waals surface area contributed by atoms with Gasteiger partial charge in [-0.15, -0.1) is 0 Å². The Labute approximate surface area is 107 Å². The van der Waals surface area contributed by atoms with Gasteiger partial charge in [0, 0.05) is 6.42 Å². The molecule has 1 aromatic carbocycles. The lowest BCUT2D eigenvalue weighted by molar-refractivity contribution is -0.135. The van der Waals surface area contributed by atoms with Gasteiger partial charge in [0.25, 0.3) is 0 Å². The van der Waals surface area contributed by atoms with Crippen LogP contribution in [-0.2, 0) is 14.6 Å². The fourth-order valence-electron chi connectivity index (χ4n) is 2.10. The zero-order valence-electron chi connectivity index (χ0n) is 10.3. The minimum Gasteiger partial charge on any atom is -0.426 e. The first-order valence-electron chi connectivity index (χ1n) is 5.93. The number of rotatable bonds is 3. The Morgan fingerprint density at radius 3 is 2.72 bits per heavy atom. The third-order valence-electron chi connectivity index (χ3n) is 3.10. The maximum absolute atomic E-state index is 11.7. The summed E-state index contributed by atoms with van der Waals surface area (Å²) in [4.78, 5) is 11.7. The van der Waals surface area contributed by atoms with Crippen molar-refractivity contribution in [3.8, 4) is 5.75 Å². The Hall–Kier alpha value is -1.36. The molecule has 1 atom stereocenters. The highest BCUT2D eigenvalue weighted by molar-refractivity contribution is 7.91. The summed E-state index contributed by atoms with van der Waals surface area (Å²) in [6.45, 7) is 1.86. The quantitative estimate of drug-likeness (QED) is 0.618. The topological polar surface area (TPSA) is 60.4 Å². The number of benzene rings is 1. The van der Waals surface area contributed by atoms with Crippen LogP contribution in [0.25, 0.3) is 0 Å². The summed E-state index contributed by atoms with van der Waals surface area (Å²) in [6, 6.07) is 7.27. The van der Waals surface area contributed by atoms with E-state index in [0.29, 0.717) is 12.2 Å². The van der Waals surface area contributed by atoms with Gasteiger partial charge in [-0.1, -0.05) is 18.2 Å². The minimum atomic E-state index is -2.93. The molecule has 1 fully saturated rings. The molecule has 18 heavy (non-hydrogen) atoms. The molecule has 0 radical (unpaired) electrons. The predicted octanol–water partition coefficient (Wildman–Crippen LogP) is 1.73. The molecular formula is C13H16O4S. The minimum absolute atomic E-state index is 0.0912. The molecule has 0 spiro atoms. The van der Waals surface area contributed by atoms with Crippen LogP contribution in [0.3, 0.4) is 0 Å². The number of carbonyl (C=O) groups excluding carboxylic acids is 1. The molecule has 5 heteroatoms. The zero-order valence-corrected chi connectivity index (χ0v) is 11.1. The van der Waals surface area contributed by atoms with Crippen LogP contribution in [0.2, 0.25) is 0 Å². The molecule has 0 aromatic heterocycles. The van der Waals surface area contributed by atoms with Crippen molar-refractivity contribution in [2.45, 2.75) is 19.8 Å². The van der Waals surface area contributed by atoms with Gasteiger partial charge in [-0.25, -0.2) is 8.42 Å². The van der Waals surface area contributed by atoms with Crippen molar-refractivity contribution in [1.82, 2.24) is 0 Å². The van der Waals surface area contributed by atoms with Crippen LogP contribution in [-0.4, -0.2) is 25.9 Å². The van der Waals surface area contributed by atoms with Gasteiger partial charge in [-0.3, -0.25) is 4.79 Å². The first kappa shape index (κ1) is 13.1. The maximum atomic E-state index is 11.7. The van der Waals surface area contributed by atoms with E-state index in [1.165, 1.54) is 0 Å². The summed E-state index contributed by atoms with van der Waals surface area (Å²) >= 11 is 0. The molecular weight excluding hydrogens is 252 g/mol. The molecule has 4 nitrogen and oxygen atoms in total. The number of para-hydroxylation sites is 1. The summed E-state index contributed by atoms with van der Waals surface area (Å²) in [7, 11) is -2.93. The lowest BCUT2D eigenvalue weighted by Crippen LogP contribution is -2.15. The third kappa shape index (κ3) is 3.32. The monoisotopic (exact) mass is 268 g/mol. The number of esters is 1. The molecule has 1 aliphatic heterocycles. The SMILES string of the molecule is Cc1ccccc1OC(=O)CC1CCS(=O)(=O)C1. The second-order valence-electron chi connectivity index (χ2n) is 4.71. The van der Waals surface area contributed by atoms with Gasteiger partial charge < -0.3 is 4.74 Å². The summed E-state index contributed by atoms with van der Waals surface area (Å²) < 4.78 is 27.8. The lowest BCUT2D eigenvalue weighted by atomic mass is 10.1. The molecule has 1 aromatic rings. The number of hydrogen-bond donors (Lipinski definition) is 0. The van der Waals surface area contributed by atoms with Crippen molar-refractivity contribution in [3.05, 3.63) is 29.8 Å². The van der Waals surface area contributed by atoms with Gasteiger partial charge in [0.1, 0.15) is 5.75 Å². The van der Waals surface area contributed by atoms with E-state index in [0.717, 1.165) is 5.56 Å². The summed E-state index contributed by atoms with van der Waals surface area (Å²) in [5.41, 5.74) is 0.893. The number of carbonyl (C=O) groups is 1. The van der Waals surface area contributed by atoms with E-state index in [4.69, 9.17) is 4.74 Å². The van der Waals surface area contributed by atoms with Gasteiger partial charge in [0.05, 0.1) is 11.5 Å². The van der Waals surface area contributed by atoms with Crippen LogP contribution >= 0.6 is 0 Å². The Kier molecular flexibility index (Phi) is 3.71. The first-order chi connectivity index (χ1) is 8.46. The second-order valence-corrected chi connectivity index (χ2v) is 6.94. The molecule has 1 heterocycles. The lowest BCUT2D eigenvalue weighted by Gasteiger charge is -2.09. The summed E-state index contributed by atoms with van der Waals surface area (Å²) in [6.07, 6.45) is 0.735. The Bertz CT molecular complexity index is 548. The van der Waals surface area contributed by atoms with E-state index >= 15 is 0 Å². The zero-order chi connectivity index (χ0) is 13.2. The largest absolute Gasteiger partial charge is 0.426 e. The van der Waals surface area contributed by atoms with E-state index in [-0.39, 0.29) is 29.8 Å². The number of ether oxygens (including phenoxy) is 1. The Balaban J connectivity index is 1.92. The molecule has 1 saturated heterocycles. The first-order valence-corrected chi connectivity index (χ1v) is 7.75. The third-order valence-corrected chi connectivity index (χ3v) is 4.94. The van der Waals surface area contributed by atoms with Crippen molar-refractivity contribution < 1.29 is 17.9 Å². The maximum Gasteiger partial charge on any atom is 0.311 e. The highest BCUT2D eigenvalue weighted by Gasteiger charge is 2.30. The van der Waals surface area contributed by atoms with Crippen LogP contribution in [0.5, 0.6) is 5.75 Å². The Morgan fingerprint density at radius 2 is 2.11 bits per heavy atom. The molecule has 2 rings (SSSR count). The average Bonchev–Trinajstić information content (AvgIpc) is 2.61. The van der Waals surface area contributed by atoms with E-state index < -0.39 is 9.84 Å². The summed E-state index contributed by atoms with van der Waals surface area (Å²) in [5.74, 6) is 0.395. The van der Waals surface area contributed by atoms with Crippen molar-refractivity contribution in [3.63, 3.8) is 0 Å². The Morgan fingerprint density at radius 1 is 1.39 bits per heavy atom. The highest BCUT2D eigenvalue weighted by atomic mass is 32.2. The van der Waals surface area contributed by atoms with Crippen LogP contribution in [0.4, 0.5) is 0 Å². The highest BCUT2D eigenvalue weighted by Crippen LogP contribution is 2.23. The van der Waals surface area contributed by atoms with Gasteiger partial charge in [0.2, 0.25) is 0 Å². The van der Waals surface area contributed by atoms with Crippen LogP contribution < -0.4 is 4.74 Å². The van der Waals surface area contributed by atoms with Gasteiger partial charge in [-0.2, -0.15) is 0 Å². The van der Waals surface area contributed by atoms with Crippen LogP contribution in [0.1, 0.15) is 18.4 Å². The van der Waals surface area contributed by atoms with E-state index in [1.54, 1.807) is 12.1 Å². The van der Waals surface area contributed by atoms with Gasteiger partial charge in [0.15, 0.2) is 9.84 Å². The molecule has 0 bridgehead atoms. The van der Waals surface area contributed by atoms with Crippen LogP contribution in [0, 0.1) is 12.8 Å². The second kappa shape index (κ2) is 5.10. The normalized spacial score (nSPS) is 21.7. The fraction of sp³-hybridized carbons (Fsp3) is 0.462. The van der Waals surface area contributed by atoms with Crippen molar-refractivity contribution in [2.75, 3.05) is 11.5 Å². The smallest absolute Gasteiger partial charge is 0.311 e. The number of hydrogen-bond acceptors (Lipinski definition) is 4. The van der Waals surface area contributed by atoms with Crippen molar-refractivity contribution in [2.24, 2.45) is 5.92 Å².